The lowest BCUT2D eigenvalue weighted by Gasteiger charge is -2.41. The largest absolute Gasteiger partial charge is 0.497 e. The Kier molecular flexibility index (Phi) is 9.19. The molecule has 1 aliphatic carbocycles. The number of methoxy groups -OCH3 is 1. The average Bonchev–Trinajstić information content (AvgIpc) is 3.45. The molecule has 1 saturated carbocycles. The molecule has 5 rings (SSSR count). The normalized spacial score (nSPS) is 18.8. The molecule has 2 N–H and O–H groups in total. The predicted octanol–water partition coefficient (Wildman–Crippen LogP) is 3.76. The number of nitrogens with zero attached hydrogens (tertiary/aromatic N) is 5. The molecule has 45 heavy (non-hydrogen) atoms. The molecule has 3 aromatic rings. The van der Waals surface area contributed by atoms with E-state index in [-0.39, 0.29) is 31.3 Å². The summed E-state index contributed by atoms with van der Waals surface area (Å²) in [6.07, 6.45) is 4.20. The van der Waals surface area contributed by atoms with Gasteiger partial charge in [0.15, 0.2) is 5.82 Å². The van der Waals surface area contributed by atoms with Crippen molar-refractivity contribution in [2.75, 3.05) is 20.2 Å². The summed E-state index contributed by atoms with van der Waals surface area (Å²) in [7, 11) is 1.55. The van der Waals surface area contributed by atoms with Crippen molar-refractivity contribution in [2.24, 2.45) is 0 Å². The van der Waals surface area contributed by atoms with Crippen LogP contribution in [0.15, 0.2) is 42.7 Å². The van der Waals surface area contributed by atoms with Gasteiger partial charge in [0, 0.05) is 55.5 Å². The third-order valence-electron chi connectivity index (χ3n) is 7.73. The molecule has 13 heteroatoms. The van der Waals surface area contributed by atoms with Crippen LogP contribution in [-0.2, 0) is 14.3 Å². The van der Waals surface area contributed by atoms with Gasteiger partial charge in [0.05, 0.1) is 12.6 Å². The van der Waals surface area contributed by atoms with E-state index in [1.807, 2.05) is 6.92 Å². The van der Waals surface area contributed by atoms with Crippen molar-refractivity contribution in [3.05, 3.63) is 42.7 Å². The number of hydrogen-bond acceptors (Lipinski definition) is 9. The molecular weight excluding hydrogens is 580 g/mol. The fourth-order valence-corrected chi connectivity index (χ4v) is 5.33. The number of nitrogens with one attached hydrogen (secondary N) is 1. The van der Waals surface area contributed by atoms with Gasteiger partial charge < -0.3 is 29.5 Å². The molecule has 13 nitrogen and oxygen atoms in total. The summed E-state index contributed by atoms with van der Waals surface area (Å²) in [6, 6.07) is 8.63. The lowest BCUT2D eigenvalue weighted by atomic mass is 10.1. The molecule has 0 bridgehead atoms. The smallest absolute Gasteiger partial charge is 0.413 e. The molecule has 3 amide bonds. The highest BCUT2D eigenvalue weighted by Crippen LogP contribution is 2.39. The number of fused-ring (bicyclic) bond motifs is 1. The number of carbonyl (C=O) groups excluding carboxylic acids is 3. The van der Waals surface area contributed by atoms with Crippen LogP contribution in [0.1, 0.15) is 66.2 Å². The van der Waals surface area contributed by atoms with Gasteiger partial charge in [0.25, 0.3) is 17.5 Å². The number of aromatic nitrogens is 3. The first-order valence-electron chi connectivity index (χ1n) is 15.4. The first-order valence-corrected chi connectivity index (χ1v) is 15.4. The first kappa shape index (κ1) is 32.0. The Morgan fingerprint density at radius 1 is 1.22 bits per heavy atom. The number of amides is 3. The fraction of sp³-hybridized carbons (Fsp3) is 0.531. The maximum atomic E-state index is 14.8. The summed E-state index contributed by atoms with van der Waals surface area (Å²) in [5.41, 5.74) is -2.28. The van der Waals surface area contributed by atoms with Crippen molar-refractivity contribution >= 4 is 28.8 Å². The zero-order valence-corrected chi connectivity index (χ0v) is 26.5. The molecule has 0 radical (unpaired) electrons. The number of hydrogen-bond donors (Lipinski definition) is 2. The minimum atomic E-state index is -1.94. The van der Waals surface area contributed by atoms with E-state index in [9.17, 15) is 19.5 Å². The summed E-state index contributed by atoms with van der Waals surface area (Å²) in [5, 5.41) is 18.9. The van der Waals surface area contributed by atoms with Crippen molar-refractivity contribution in [1.82, 2.24) is 29.9 Å². The summed E-state index contributed by atoms with van der Waals surface area (Å²) in [4.78, 5) is 48.7. The van der Waals surface area contributed by atoms with Gasteiger partial charge >= 0.3 is 6.09 Å². The monoisotopic (exact) mass is 622 g/mol. The molecule has 2 fully saturated rings. The van der Waals surface area contributed by atoms with Crippen molar-refractivity contribution in [2.45, 2.75) is 89.8 Å². The lowest BCUT2D eigenvalue weighted by molar-refractivity contribution is -0.175. The van der Waals surface area contributed by atoms with Crippen LogP contribution in [0.25, 0.3) is 16.7 Å². The van der Waals surface area contributed by atoms with Gasteiger partial charge in [0.2, 0.25) is 6.23 Å². The molecule has 0 spiro atoms. The number of aliphatic hydroxyl groups is 1. The third kappa shape index (κ3) is 6.98. The van der Waals surface area contributed by atoms with Crippen molar-refractivity contribution < 1.29 is 33.7 Å². The van der Waals surface area contributed by atoms with Crippen LogP contribution < -0.4 is 14.8 Å². The van der Waals surface area contributed by atoms with E-state index in [0.717, 1.165) is 17.7 Å². The summed E-state index contributed by atoms with van der Waals surface area (Å²) >= 11 is 0. The van der Waals surface area contributed by atoms with E-state index in [4.69, 9.17) is 19.2 Å². The number of benzene rings is 1. The highest BCUT2D eigenvalue weighted by atomic mass is 16.6. The first-order chi connectivity index (χ1) is 21.5. The minimum Gasteiger partial charge on any atom is -0.497 e. The second-order valence-electron chi connectivity index (χ2n) is 12.4. The molecule has 1 aromatic carbocycles. The van der Waals surface area contributed by atoms with Crippen molar-refractivity contribution in [3.63, 3.8) is 0 Å². The SMILES string of the molecule is CCCCN(C(=O)[C@@]1(Oc2cc(-n3cccn3)nc3cc(OC)ccc23)CCCN1C(=O)OC(C)(C)C)[C@@H](O)C(=O)NC1CC1. The maximum absolute atomic E-state index is 14.8. The predicted molar refractivity (Wildman–Crippen MR) is 165 cm³/mol. The van der Waals surface area contributed by atoms with Crippen molar-refractivity contribution in [1.29, 1.82) is 0 Å². The topological polar surface area (TPSA) is 148 Å². The van der Waals surface area contributed by atoms with Crippen LogP contribution in [0, 0.1) is 0 Å². The van der Waals surface area contributed by atoms with Gasteiger partial charge in [-0.2, -0.15) is 5.10 Å². The fourth-order valence-electron chi connectivity index (χ4n) is 5.33. The minimum absolute atomic E-state index is 0.0221. The Hall–Kier alpha value is -4.39. The average molecular weight is 623 g/mol. The second kappa shape index (κ2) is 12.9. The molecule has 2 atom stereocenters. The van der Waals surface area contributed by atoms with E-state index in [1.165, 1.54) is 4.90 Å². The van der Waals surface area contributed by atoms with Gasteiger partial charge in [-0.15, -0.1) is 0 Å². The maximum Gasteiger partial charge on any atom is 0.413 e. The standard InChI is InChI=1S/C32H42N6O7/c1-6-7-16-36(28(40)27(39)34-21-10-11-21)29(41)32(14-8-17-37(32)30(42)45-31(2,3)4)44-25-20-26(38-18-9-15-33-38)35-24-19-22(43-5)12-13-23(24)25/h9,12-13,15,18-21,28,40H,6-8,10-11,14,16-17H2,1-5H3,(H,34,39)/t28-,32-/m0/s1. The summed E-state index contributed by atoms with van der Waals surface area (Å²) in [5.74, 6) is -0.148. The van der Waals surface area contributed by atoms with Crippen LogP contribution >= 0.6 is 0 Å². The van der Waals surface area contributed by atoms with Crippen LogP contribution in [0.5, 0.6) is 11.5 Å². The quantitative estimate of drug-likeness (QED) is 0.305. The van der Waals surface area contributed by atoms with E-state index in [2.05, 4.69) is 10.4 Å². The van der Waals surface area contributed by atoms with E-state index in [0.29, 0.717) is 41.7 Å². The number of aliphatic hydroxyl groups excluding tert-OH is 1. The number of rotatable bonds is 11. The molecule has 1 aliphatic heterocycles. The number of carbonyl (C=O) groups is 3. The van der Waals surface area contributed by atoms with Gasteiger partial charge in [-0.25, -0.2) is 14.5 Å². The van der Waals surface area contributed by atoms with Gasteiger partial charge in [0.1, 0.15) is 17.1 Å². The number of ether oxygens (including phenoxy) is 3. The Morgan fingerprint density at radius 2 is 2.00 bits per heavy atom. The number of unbranched alkanes of at least 4 members (excludes halogenated alkanes) is 1. The molecular formula is C32H42N6O7. The highest BCUT2D eigenvalue weighted by molar-refractivity contribution is 5.94. The van der Waals surface area contributed by atoms with Gasteiger partial charge in [-0.1, -0.05) is 13.3 Å². The van der Waals surface area contributed by atoms with Crippen molar-refractivity contribution in [3.8, 4) is 17.3 Å². The molecule has 2 aliphatic rings. The van der Waals surface area contributed by atoms with E-state index in [1.54, 1.807) is 75.3 Å². The molecule has 2 aromatic heterocycles. The zero-order valence-electron chi connectivity index (χ0n) is 26.5. The zero-order chi connectivity index (χ0) is 32.4. The van der Waals surface area contributed by atoms with Crippen LogP contribution in [0.2, 0.25) is 0 Å². The molecule has 3 heterocycles. The van der Waals surface area contributed by atoms with Crippen LogP contribution in [0.3, 0.4) is 0 Å². The Bertz CT molecular complexity index is 1530. The Morgan fingerprint density at radius 3 is 2.64 bits per heavy atom. The van der Waals surface area contributed by atoms with Crippen LogP contribution in [-0.4, -0.2) is 91.4 Å². The second-order valence-corrected chi connectivity index (χ2v) is 12.4. The third-order valence-corrected chi connectivity index (χ3v) is 7.73. The van der Waals surface area contributed by atoms with Gasteiger partial charge in [-0.3, -0.25) is 14.5 Å². The molecule has 242 valence electrons. The molecule has 1 saturated heterocycles. The summed E-state index contributed by atoms with van der Waals surface area (Å²) < 4.78 is 19.5. The Labute approximate surface area is 262 Å². The van der Waals surface area contributed by atoms with Crippen LogP contribution in [0.4, 0.5) is 4.79 Å². The number of pyridine rings is 1. The Balaban J connectivity index is 1.64. The molecule has 0 unspecified atom stereocenters. The van der Waals surface area contributed by atoms with E-state index < -0.39 is 35.5 Å². The van der Waals surface area contributed by atoms with Gasteiger partial charge in [-0.05, 0) is 64.7 Å². The number of likely N-dealkylation sites (tertiary alicyclic amines) is 1. The van der Waals surface area contributed by atoms with E-state index >= 15 is 0 Å². The lowest BCUT2D eigenvalue weighted by Crippen LogP contribution is -2.65. The highest BCUT2D eigenvalue weighted by Gasteiger charge is 2.57. The summed E-state index contributed by atoms with van der Waals surface area (Å²) in [6.45, 7) is 7.41.